The smallest absolute Gasteiger partial charge is 0.308 e. The van der Waals surface area contributed by atoms with Crippen molar-refractivity contribution in [1.82, 2.24) is 0 Å². The largest absolute Gasteiger partial charge is 0.469 e. The first kappa shape index (κ1) is 12.1. The molecular weight excluding hydrogens is 212 g/mol. The van der Waals surface area contributed by atoms with Crippen molar-refractivity contribution >= 4 is 17.6 Å². The van der Waals surface area contributed by atoms with Crippen molar-refractivity contribution < 1.29 is 9.53 Å². The van der Waals surface area contributed by atoms with E-state index in [1.165, 1.54) is 7.11 Å². The van der Waals surface area contributed by atoms with Crippen molar-refractivity contribution in [3.05, 3.63) is 34.9 Å². The van der Waals surface area contributed by atoms with Gasteiger partial charge < -0.3 is 4.74 Å². The van der Waals surface area contributed by atoms with Gasteiger partial charge in [0.2, 0.25) is 0 Å². The second kappa shape index (κ2) is 5.76. The quantitative estimate of drug-likeness (QED) is 0.738. The van der Waals surface area contributed by atoms with Gasteiger partial charge in [-0.3, -0.25) is 4.79 Å². The van der Waals surface area contributed by atoms with Gasteiger partial charge in [0.15, 0.2) is 0 Å². The van der Waals surface area contributed by atoms with Gasteiger partial charge >= 0.3 is 5.97 Å². The summed E-state index contributed by atoms with van der Waals surface area (Å²) in [4.78, 5) is 11.4. The number of carbonyl (C=O) groups is 1. The van der Waals surface area contributed by atoms with E-state index >= 15 is 0 Å². The molecule has 0 radical (unpaired) electrons. The lowest BCUT2D eigenvalue weighted by atomic mass is 9.97. The van der Waals surface area contributed by atoms with Gasteiger partial charge in [-0.2, -0.15) is 0 Å². The molecule has 0 aliphatic heterocycles. The summed E-state index contributed by atoms with van der Waals surface area (Å²) in [6.07, 6.45) is 1.50. The first-order valence-corrected chi connectivity index (χ1v) is 5.37. The molecule has 2 nitrogen and oxygen atoms in total. The summed E-state index contributed by atoms with van der Waals surface area (Å²) < 4.78 is 4.73. The number of ether oxygens (including phenoxy) is 1. The molecule has 0 N–H and O–H groups in total. The van der Waals surface area contributed by atoms with Crippen molar-refractivity contribution in [3.63, 3.8) is 0 Å². The van der Waals surface area contributed by atoms with Crippen molar-refractivity contribution in [1.29, 1.82) is 0 Å². The minimum atomic E-state index is -0.146. The van der Waals surface area contributed by atoms with Gasteiger partial charge in [0.1, 0.15) is 0 Å². The van der Waals surface area contributed by atoms with Gasteiger partial charge in [-0.25, -0.2) is 0 Å². The number of benzene rings is 1. The van der Waals surface area contributed by atoms with E-state index in [-0.39, 0.29) is 11.9 Å². The SMILES string of the molecule is CCC(Cc1ccc(Cl)cc1)C(=O)OC. The van der Waals surface area contributed by atoms with E-state index < -0.39 is 0 Å². The van der Waals surface area contributed by atoms with Crippen LogP contribution in [0.1, 0.15) is 18.9 Å². The molecule has 1 aromatic carbocycles. The van der Waals surface area contributed by atoms with Gasteiger partial charge in [-0.1, -0.05) is 30.7 Å². The minimum absolute atomic E-state index is 0.0591. The Kier molecular flexibility index (Phi) is 4.63. The normalized spacial score (nSPS) is 12.2. The number of methoxy groups -OCH3 is 1. The zero-order chi connectivity index (χ0) is 11.3. The van der Waals surface area contributed by atoms with Gasteiger partial charge in [0.25, 0.3) is 0 Å². The van der Waals surface area contributed by atoms with E-state index in [2.05, 4.69) is 0 Å². The number of hydrogen-bond donors (Lipinski definition) is 0. The molecule has 0 saturated carbocycles. The lowest BCUT2D eigenvalue weighted by molar-refractivity contribution is -0.145. The fourth-order valence-corrected chi connectivity index (χ4v) is 1.59. The Bertz CT molecular complexity index is 319. The zero-order valence-corrected chi connectivity index (χ0v) is 9.75. The van der Waals surface area contributed by atoms with Crippen LogP contribution in [0.5, 0.6) is 0 Å². The highest BCUT2D eigenvalue weighted by Crippen LogP contribution is 2.16. The summed E-state index contributed by atoms with van der Waals surface area (Å²) in [5.74, 6) is -0.205. The third kappa shape index (κ3) is 3.56. The number of esters is 1. The molecule has 0 heterocycles. The van der Waals surface area contributed by atoms with Crippen LogP contribution < -0.4 is 0 Å². The monoisotopic (exact) mass is 226 g/mol. The van der Waals surface area contributed by atoms with Crippen molar-refractivity contribution in [2.24, 2.45) is 5.92 Å². The summed E-state index contributed by atoms with van der Waals surface area (Å²) in [7, 11) is 1.42. The van der Waals surface area contributed by atoms with Crippen LogP contribution >= 0.6 is 11.6 Å². The molecular formula is C12H15ClO2. The highest BCUT2D eigenvalue weighted by Gasteiger charge is 2.16. The van der Waals surface area contributed by atoms with E-state index in [0.717, 1.165) is 12.0 Å². The maximum absolute atomic E-state index is 11.4. The Hall–Kier alpha value is -1.02. The lowest BCUT2D eigenvalue weighted by Crippen LogP contribution is -2.17. The van der Waals surface area contributed by atoms with E-state index in [9.17, 15) is 4.79 Å². The van der Waals surface area contributed by atoms with Crippen LogP contribution in [0.25, 0.3) is 0 Å². The molecule has 15 heavy (non-hydrogen) atoms. The van der Waals surface area contributed by atoms with E-state index in [1.807, 2.05) is 31.2 Å². The Morgan fingerprint density at radius 2 is 2.00 bits per heavy atom. The number of hydrogen-bond acceptors (Lipinski definition) is 2. The van der Waals surface area contributed by atoms with E-state index in [4.69, 9.17) is 16.3 Å². The molecule has 0 fully saturated rings. The molecule has 0 aliphatic carbocycles. The molecule has 0 saturated heterocycles. The molecule has 0 amide bonds. The van der Waals surface area contributed by atoms with Crippen LogP contribution in [0.3, 0.4) is 0 Å². The van der Waals surface area contributed by atoms with Crippen LogP contribution in [0.2, 0.25) is 5.02 Å². The molecule has 3 heteroatoms. The van der Waals surface area contributed by atoms with Crippen LogP contribution in [-0.2, 0) is 16.0 Å². The summed E-state index contributed by atoms with van der Waals surface area (Å²) in [5, 5.41) is 0.713. The highest BCUT2D eigenvalue weighted by molar-refractivity contribution is 6.30. The number of halogens is 1. The highest BCUT2D eigenvalue weighted by atomic mass is 35.5. The summed E-state index contributed by atoms with van der Waals surface area (Å²) in [6, 6.07) is 7.55. The van der Waals surface area contributed by atoms with Gasteiger partial charge in [0.05, 0.1) is 13.0 Å². The fraction of sp³-hybridized carbons (Fsp3) is 0.417. The van der Waals surface area contributed by atoms with Crippen LogP contribution in [-0.4, -0.2) is 13.1 Å². The summed E-state index contributed by atoms with van der Waals surface area (Å²) >= 11 is 5.78. The minimum Gasteiger partial charge on any atom is -0.469 e. The Labute approximate surface area is 95.2 Å². The average Bonchev–Trinajstić information content (AvgIpc) is 2.27. The first-order valence-electron chi connectivity index (χ1n) is 4.99. The summed E-state index contributed by atoms with van der Waals surface area (Å²) in [5.41, 5.74) is 1.11. The number of rotatable bonds is 4. The average molecular weight is 227 g/mol. The molecule has 1 atom stereocenters. The van der Waals surface area contributed by atoms with Gasteiger partial charge in [0, 0.05) is 5.02 Å². The molecule has 0 bridgehead atoms. The molecule has 1 rings (SSSR count). The van der Waals surface area contributed by atoms with Crippen molar-refractivity contribution in [3.8, 4) is 0 Å². The fourth-order valence-electron chi connectivity index (χ4n) is 1.47. The maximum atomic E-state index is 11.4. The van der Waals surface area contributed by atoms with Gasteiger partial charge in [-0.15, -0.1) is 0 Å². The van der Waals surface area contributed by atoms with Crippen molar-refractivity contribution in [2.45, 2.75) is 19.8 Å². The second-order valence-electron chi connectivity index (χ2n) is 3.46. The lowest BCUT2D eigenvalue weighted by Gasteiger charge is -2.12. The third-order valence-electron chi connectivity index (χ3n) is 2.42. The van der Waals surface area contributed by atoms with Crippen LogP contribution in [0, 0.1) is 5.92 Å². The third-order valence-corrected chi connectivity index (χ3v) is 2.67. The predicted molar refractivity (Wildman–Crippen MR) is 61.0 cm³/mol. The van der Waals surface area contributed by atoms with Crippen LogP contribution in [0.15, 0.2) is 24.3 Å². The molecule has 1 unspecified atom stereocenters. The molecule has 0 spiro atoms. The Morgan fingerprint density at radius 3 is 2.47 bits per heavy atom. The van der Waals surface area contributed by atoms with Crippen molar-refractivity contribution in [2.75, 3.05) is 7.11 Å². The number of carbonyl (C=O) groups excluding carboxylic acids is 1. The molecule has 82 valence electrons. The van der Waals surface area contributed by atoms with E-state index in [1.54, 1.807) is 0 Å². The predicted octanol–water partition coefficient (Wildman–Crippen LogP) is 3.08. The Morgan fingerprint density at radius 1 is 1.40 bits per heavy atom. The van der Waals surface area contributed by atoms with Gasteiger partial charge in [-0.05, 0) is 30.5 Å². The Balaban J connectivity index is 2.66. The maximum Gasteiger partial charge on any atom is 0.308 e. The second-order valence-corrected chi connectivity index (χ2v) is 3.90. The standard InChI is InChI=1S/C12H15ClO2/c1-3-10(12(14)15-2)8-9-4-6-11(13)7-5-9/h4-7,10H,3,8H2,1-2H3. The molecule has 0 aromatic heterocycles. The van der Waals surface area contributed by atoms with Crippen LogP contribution in [0.4, 0.5) is 0 Å². The summed E-state index contributed by atoms with van der Waals surface area (Å²) in [6.45, 7) is 1.98. The molecule has 0 aliphatic rings. The molecule has 1 aromatic rings. The first-order chi connectivity index (χ1) is 7.17. The van der Waals surface area contributed by atoms with E-state index in [0.29, 0.717) is 11.4 Å². The zero-order valence-electron chi connectivity index (χ0n) is 9.00. The topological polar surface area (TPSA) is 26.3 Å².